The van der Waals surface area contributed by atoms with E-state index in [4.69, 9.17) is 9.15 Å². The van der Waals surface area contributed by atoms with E-state index < -0.39 is 11.9 Å². The number of carbonyl (C=O) groups excluding carboxylic acids is 3. The van der Waals surface area contributed by atoms with E-state index in [2.05, 4.69) is 10.4 Å². The molecule has 32 heavy (non-hydrogen) atoms. The van der Waals surface area contributed by atoms with Crippen LogP contribution in [0.4, 0.5) is 0 Å². The van der Waals surface area contributed by atoms with Gasteiger partial charge in [0, 0.05) is 26.3 Å². The highest BCUT2D eigenvalue weighted by Gasteiger charge is 2.35. The normalized spacial score (nSPS) is 15.4. The third-order valence-electron chi connectivity index (χ3n) is 5.21. The lowest BCUT2D eigenvalue weighted by Gasteiger charge is -2.19. The zero-order valence-electron chi connectivity index (χ0n) is 18.5. The summed E-state index contributed by atoms with van der Waals surface area (Å²) >= 11 is 0. The molecule has 1 aliphatic rings. The first-order chi connectivity index (χ1) is 15.4. The van der Waals surface area contributed by atoms with Gasteiger partial charge in [0.2, 0.25) is 5.91 Å². The minimum Gasteiger partial charge on any atom is -0.467 e. The lowest BCUT2D eigenvalue weighted by Crippen LogP contribution is -2.31. The van der Waals surface area contributed by atoms with Crippen molar-refractivity contribution in [2.24, 2.45) is 5.10 Å². The fraction of sp³-hybridized carbons (Fsp3) is 0.417. The molecule has 0 saturated carbocycles. The molecule has 8 nitrogen and oxygen atoms in total. The van der Waals surface area contributed by atoms with Gasteiger partial charge < -0.3 is 14.5 Å². The first-order valence-electron chi connectivity index (χ1n) is 10.8. The van der Waals surface area contributed by atoms with Gasteiger partial charge in [-0.15, -0.1) is 0 Å². The smallest absolute Gasteiger partial charge is 0.306 e. The molecule has 170 valence electrons. The van der Waals surface area contributed by atoms with Gasteiger partial charge in [0.15, 0.2) is 6.61 Å². The Labute approximate surface area is 187 Å². The van der Waals surface area contributed by atoms with Gasteiger partial charge in [0.25, 0.3) is 5.91 Å². The predicted molar refractivity (Wildman–Crippen MR) is 119 cm³/mol. The average Bonchev–Trinajstić information content (AvgIpc) is 3.44. The fourth-order valence-corrected chi connectivity index (χ4v) is 3.48. The minimum atomic E-state index is -0.422. The molecule has 0 spiro atoms. The number of esters is 1. The van der Waals surface area contributed by atoms with Gasteiger partial charge in [-0.05, 0) is 37.5 Å². The molecule has 0 aliphatic carbocycles. The third kappa shape index (κ3) is 6.54. The number of nitrogens with zero attached hydrogens (tertiary/aromatic N) is 2. The summed E-state index contributed by atoms with van der Waals surface area (Å²) in [6.07, 6.45) is 4.54. The molecule has 1 atom stereocenters. The Bertz CT molecular complexity index is 951. The molecule has 2 aromatic rings. The van der Waals surface area contributed by atoms with Crippen molar-refractivity contribution in [3.63, 3.8) is 0 Å². The van der Waals surface area contributed by atoms with Crippen molar-refractivity contribution in [1.29, 1.82) is 0 Å². The van der Waals surface area contributed by atoms with Crippen molar-refractivity contribution in [2.75, 3.05) is 13.2 Å². The molecule has 0 fully saturated rings. The van der Waals surface area contributed by atoms with Crippen LogP contribution in [0.5, 0.6) is 0 Å². The van der Waals surface area contributed by atoms with Gasteiger partial charge in [-0.1, -0.05) is 36.2 Å². The van der Waals surface area contributed by atoms with Crippen LogP contribution in [-0.2, 0) is 19.1 Å². The van der Waals surface area contributed by atoms with Crippen LogP contribution >= 0.6 is 0 Å². The Kier molecular flexibility index (Phi) is 8.19. The number of benzene rings is 1. The number of amides is 2. The highest BCUT2D eigenvalue weighted by atomic mass is 16.5. The highest BCUT2D eigenvalue weighted by molar-refractivity contribution is 6.03. The summed E-state index contributed by atoms with van der Waals surface area (Å²) in [5.41, 5.74) is 2.87. The average molecular weight is 440 g/mol. The Balaban J connectivity index is 1.53. The van der Waals surface area contributed by atoms with Crippen LogP contribution in [-0.4, -0.2) is 41.7 Å². The molecular formula is C24H29N3O5. The van der Waals surface area contributed by atoms with Gasteiger partial charge in [-0.3, -0.25) is 14.4 Å². The van der Waals surface area contributed by atoms with E-state index in [0.717, 1.165) is 29.7 Å². The maximum atomic E-state index is 12.8. The summed E-state index contributed by atoms with van der Waals surface area (Å²) < 4.78 is 10.7. The Morgan fingerprint density at radius 1 is 1.16 bits per heavy atom. The molecule has 2 amide bonds. The second kappa shape index (κ2) is 11.3. The van der Waals surface area contributed by atoms with Crippen molar-refractivity contribution < 1.29 is 23.5 Å². The summed E-state index contributed by atoms with van der Waals surface area (Å²) in [5.74, 6) is -0.248. The Hall–Kier alpha value is -3.42. The minimum absolute atomic E-state index is 0.0640. The van der Waals surface area contributed by atoms with Gasteiger partial charge >= 0.3 is 5.97 Å². The lowest BCUT2D eigenvalue weighted by molar-refractivity contribution is -0.153. The van der Waals surface area contributed by atoms with Crippen LogP contribution < -0.4 is 5.32 Å². The molecule has 1 aliphatic heterocycles. The van der Waals surface area contributed by atoms with Crippen LogP contribution in [0.15, 0.2) is 52.2 Å². The number of carbonyl (C=O) groups is 3. The molecule has 3 rings (SSSR count). The van der Waals surface area contributed by atoms with Crippen molar-refractivity contribution in [3.8, 4) is 0 Å². The summed E-state index contributed by atoms with van der Waals surface area (Å²) in [7, 11) is 0. The van der Waals surface area contributed by atoms with Crippen LogP contribution in [0, 0.1) is 6.92 Å². The number of furan rings is 1. The van der Waals surface area contributed by atoms with Crippen molar-refractivity contribution >= 4 is 23.5 Å². The Morgan fingerprint density at radius 2 is 1.94 bits per heavy atom. The van der Waals surface area contributed by atoms with Gasteiger partial charge in [0.05, 0.1) is 12.0 Å². The van der Waals surface area contributed by atoms with Crippen molar-refractivity contribution in [3.05, 3.63) is 59.5 Å². The van der Waals surface area contributed by atoms with E-state index in [9.17, 15) is 14.4 Å². The molecule has 1 N–H and O–H groups in total. The van der Waals surface area contributed by atoms with E-state index in [1.807, 2.05) is 37.3 Å². The largest absolute Gasteiger partial charge is 0.467 e. The van der Waals surface area contributed by atoms with E-state index in [1.54, 1.807) is 12.3 Å². The topological polar surface area (TPSA) is 101 Å². The maximum absolute atomic E-state index is 12.8. The fourth-order valence-electron chi connectivity index (χ4n) is 3.48. The quantitative estimate of drug-likeness (QED) is 0.451. The van der Waals surface area contributed by atoms with E-state index >= 15 is 0 Å². The molecule has 0 bridgehead atoms. The molecule has 8 heteroatoms. The third-order valence-corrected chi connectivity index (χ3v) is 5.21. The number of hydrazone groups is 1. The maximum Gasteiger partial charge on any atom is 0.306 e. The monoisotopic (exact) mass is 439 g/mol. The highest BCUT2D eigenvalue weighted by Crippen LogP contribution is 2.33. The molecule has 0 unspecified atom stereocenters. The van der Waals surface area contributed by atoms with Crippen molar-refractivity contribution in [1.82, 2.24) is 10.3 Å². The lowest BCUT2D eigenvalue weighted by atomic mass is 10.0. The Morgan fingerprint density at radius 3 is 2.62 bits per heavy atom. The molecule has 1 aromatic carbocycles. The number of nitrogens with one attached hydrogen (secondary N) is 1. The van der Waals surface area contributed by atoms with Crippen molar-refractivity contribution in [2.45, 2.75) is 52.0 Å². The van der Waals surface area contributed by atoms with Gasteiger partial charge in [-0.2, -0.15) is 5.10 Å². The molecule has 0 radical (unpaired) electrons. The molecule has 0 saturated heterocycles. The van der Waals surface area contributed by atoms with Gasteiger partial charge in [0.1, 0.15) is 11.8 Å². The van der Waals surface area contributed by atoms with Crippen LogP contribution in [0.3, 0.4) is 0 Å². The van der Waals surface area contributed by atoms with E-state index in [0.29, 0.717) is 25.1 Å². The zero-order chi connectivity index (χ0) is 22.9. The second-order valence-corrected chi connectivity index (χ2v) is 7.84. The number of hydrogen-bond donors (Lipinski definition) is 1. The number of ether oxygens (including phenoxy) is 1. The van der Waals surface area contributed by atoms with E-state index in [1.165, 1.54) is 11.9 Å². The first-order valence-corrected chi connectivity index (χ1v) is 10.8. The first kappa shape index (κ1) is 23.2. The van der Waals surface area contributed by atoms with E-state index in [-0.39, 0.29) is 25.0 Å². The summed E-state index contributed by atoms with van der Waals surface area (Å²) in [6.45, 7) is 3.71. The molecule has 1 aromatic heterocycles. The molecular weight excluding hydrogens is 410 g/mol. The predicted octanol–water partition coefficient (Wildman–Crippen LogP) is 3.51. The summed E-state index contributed by atoms with van der Waals surface area (Å²) in [4.78, 5) is 35.7. The summed E-state index contributed by atoms with van der Waals surface area (Å²) in [6, 6.07) is 11.2. The zero-order valence-corrected chi connectivity index (χ0v) is 18.5. The van der Waals surface area contributed by atoms with Crippen LogP contribution in [0.2, 0.25) is 0 Å². The SMILES string of the molecule is CC(=O)NCCCCCC(=O)OCC(=O)N1N=C(c2ccc(C)cc2)C[C@H]1c1ccco1. The second-order valence-electron chi connectivity index (χ2n) is 7.84. The molecule has 2 heterocycles. The number of hydrogen-bond acceptors (Lipinski definition) is 6. The standard InChI is InChI=1S/C24H29N3O5/c1-17-9-11-19(12-10-17)20-15-21(22-7-6-14-31-22)27(26-20)23(29)16-32-24(30)8-4-3-5-13-25-18(2)28/h6-7,9-12,14,21H,3-5,8,13,15-16H2,1-2H3,(H,25,28)/t21-/m0/s1. The number of aryl methyl sites for hydroxylation is 1. The summed E-state index contributed by atoms with van der Waals surface area (Å²) in [5, 5.41) is 8.60. The number of unbranched alkanes of at least 4 members (excludes halogenated alkanes) is 2. The van der Waals surface area contributed by atoms with Gasteiger partial charge in [-0.25, -0.2) is 5.01 Å². The van der Waals surface area contributed by atoms with Crippen LogP contribution in [0.1, 0.15) is 62.0 Å². The number of rotatable bonds is 10. The van der Waals surface area contributed by atoms with Crippen LogP contribution in [0.25, 0.3) is 0 Å².